The summed E-state index contributed by atoms with van der Waals surface area (Å²) in [5.74, 6) is 1.71. The molecule has 0 radical (unpaired) electrons. The Morgan fingerprint density at radius 1 is 1.17 bits per heavy atom. The molecule has 0 bridgehead atoms. The number of aryl methyl sites for hydroxylation is 3. The molecule has 2 aromatic rings. The van der Waals surface area contributed by atoms with Crippen LogP contribution in [0.2, 0.25) is 0 Å². The molecule has 0 saturated heterocycles. The Hall–Kier alpha value is -1.39. The molecule has 0 unspecified atom stereocenters. The van der Waals surface area contributed by atoms with E-state index in [-0.39, 0.29) is 24.0 Å². The second-order valence-electron chi connectivity index (χ2n) is 6.91. The molecule has 1 aromatic heterocycles. The fourth-order valence-electron chi connectivity index (χ4n) is 2.79. The summed E-state index contributed by atoms with van der Waals surface area (Å²) in [6.45, 7) is 9.58. The minimum Gasteiger partial charge on any atom is -0.491 e. The number of unbranched alkanes of at least 4 members (excludes halogenated alkanes) is 1. The van der Waals surface area contributed by atoms with Gasteiger partial charge in [-0.2, -0.15) is 0 Å². The van der Waals surface area contributed by atoms with Gasteiger partial charge in [0.2, 0.25) is 0 Å². The van der Waals surface area contributed by atoms with Crippen molar-refractivity contribution in [3.8, 4) is 5.75 Å². The van der Waals surface area contributed by atoms with E-state index < -0.39 is 0 Å². The third kappa shape index (κ3) is 10.1. The molecule has 6 nitrogen and oxygen atoms in total. The van der Waals surface area contributed by atoms with Crippen molar-refractivity contribution in [2.45, 2.75) is 46.6 Å². The second kappa shape index (κ2) is 15.4. The average Bonchev–Trinajstić information content (AvgIpc) is 3.12. The number of hydrogen-bond donors (Lipinski definition) is 2. The quantitative estimate of drug-likeness (QED) is 0.178. The summed E-state index contributed by atoms with van der Waals surface area (Å²) in [6.07, 6.45) is 3.24. The minimum absolute atomic E-state index is 0. The molecule has 30 heavy (non-hydrogen) atoms. The zero-order valence-electron chi connectivity index (χ0n) is 18.5. The van der Waals surface area contributed by atoms with Gasteiger partial charge in [-0.1, -0.05) is 12.1 Å². The highest BCUT2D eigenvalue weighted by molar-refractivity contribution is 14.0. The van der Waals surface area contributed by atoms with E-state index in [1.807, 2.05) is 6.92 Å². The first-order valence-corrected chi connectivity index (χ1v) is 11.1. The number of benzene rings is 1. The van der Waals surface area contributed by atoms with Crippen LogP contribution in [0.4, 0.5) is 0 Å². The number of hydrogen-bond acceptors (Lipinski definition) is 5. The number of rotatable bonds is 12. The number of aromatic nitrogens is 1. The zero-order valence-corrected chi connectivity index (χ0v) is 21.6. The first-order valence-electron chi connectivity index (χ1n) is 10.3. The van der Waals surface area contributed by atoms with Crippen LogP contribution in [0.15, 0.2) is 28.6 Å². The van der Waals surface area contributed by atoms with Gasteiger partial charge < -0.3 is 20.1 Å². The molecule has 1 aromatic carbocycles. The maximum absolute atomic E-state index is 5.87. The number of nitrogens with one attached hydrogen (secondary N) is 2. The largest absolute Gasteiger partial charge is 0.491 e. The lowest BCUT2D eigenvalue weighted by molar-refractivity contribution is 0.145. The summed E-state index contributed by atoms with van der Waals surface area (Å²) in [5, 5.41) is 10.1. The number of ether oxygens (including phenoxy) is 2. The third-order valence-corrected chi connectivity index (χ3v) is 5.32. The number of aliphatic imine (C=N–C) groups is 1. The standard InChI is InChI=1S/C22H34N4O2S.HI/c1-5-23-22(24-11-7-6-8-21-26-18(3)16-29-21)25-15-19-10-9-17(2)14-20(19)28-13-12-27-4;/h9-10,14,16H,5-8,11-13,15H2,1-4H3,(H2,23,24,25);1H. The van der Waals surface area contributed by atoms with E-state index in [4.69, 9.17) is 14.5 Å². The van der Waals surface area contributed by atoms with Gasteiger partial charge in [0.05, 0.1) is 18.2 Å². The third-order valence-electron chi connectivity index (χ3n) is 4.30. The number of nitrogens with zero attached hydrogens (tertiary/aromatic N) is 2. The molecule has 0 fully saturated rings. The second-order valence-corrected chi connectivity index (χ2v) is 7.86. The van der Waals surface area contributed by atoms with Gasteiger partial charge in [-0.05, 0) is 51.7 Å². The predicted molar refractivity (Wildman–Crippen MR) is 137 cm³/mol. The summed E-state index contributed by atoms with van der Waals surface area (Å²) in [4.78, 5) is 9.25. The van der Waals surface area contributed by atoms with Crippen LogP contribution >= 0.6 is 35.3 Å². The summed E-state index contributed by atoms with van der Waals surface area (Å²) in [6, 6.07) is 6.23. The number of methoxy groups -OCH3 is 1. The number of thiazole rings is 1. The molecular formula is C22H35IN4O2S. The topological polar surface area (TPSA) is 67.8 Å². The highest BCUT2D eigenvalue weighted by Gasteiger charge is 2.05. The monoisotopic (exact) mass is 546 g/mol. The van der Waals surface area contributed by atoms with Crippen LogP contribution in [-0.2, 0) is 17.7 Å². The van der Waals surface area contributed by atoms with E-state index in [1.165, 1.54) is 10.6 Å². The van der Waals surface area contributed by atoms with Gasteiger partial charge in [0.25, 0.3) is 0 Å². The lowest BCUT2D eigenvalue weighted by Gasteiger charge is -2.13. The van der Waals surface area contributed by atoms with Crippen molar-refractivity contribution in [2.75, 3.05) is 33.4 Å². The molecule has 0 atom stereocenters. The molecular weight excluding hydrogens is 511 g/mol. The van der Waals surface area contributed by atoms with Gasteiger partial charge >= 0.3 is 0 Å². The van der Waals surface area contributed by atoms with E-state index in [9.17, 15) is 0 Å². The van der Waals surface area contributed by atoms with E-state index in [0.717, 1.165) is 55.3 Å². The Bertz CT molecular complexity index is 767. The molecule has 0 spiro atoms. The maximum atomic E-state index is 5.87. The van der Waals surface area contributed by atoms with Crippen LogP contribution in [0.3, 0.4) is 0 Å². The molecule has 0 amide bonds. The van der Waals surface area contributed by atoms with Gasteiger partial charge in [0.15, 0.2) is 5.96 Å². The van der Waals surface area contributed by atoms with Crippen molar-refractivity contribution in [1.82, 2.24) is 15.6 Å². The summed E-state index contributed by atoms with van der Waals surface area (Å²) < 4.78 is 10.9. The van der Waals surface area contributed by atoms with Crippen LogP contribution < -0.4 is 15.4 Å². The Morgan fingerprint density at radius 2 is 2.00 bits per heavy atom. The first kappa shape index (κ1) is 26.6. The van der Waals surface area contributed by atoms with Crippen LogP contribution in [0.5, 0.6) is 5.75 Å². The molecule has 2 N–H and O–H groups in total. The number of halogens is 1. The van der Waals surface area contributed by atoms with Gasteiger partial charge in [0.1, 0.15) is 12.4 Å². The van der Waals surface area contributed by atoms with Crippen molar-refractivity contribution in [3.05, 3.63) is 45.4 Å². The predicted octanol–water partition coefficient (Wildman–Crippen LogP) is 4.48. The average molecular weight is 547 g/mol. The molecule has 0 aliphatic heterocycles. The highest BCUT2D eigenvalue weighted by atomic mass is 127. The van der Waals surface area contributed by atoms with Gasteiger partial charge in [-0.3, -0.25) is 0 Å². The van der Waals surface area contributed by atoms with Gasteiger partial charge in [-0.25, -0.2) is 9.98 Å². The first-order chi connectivity index (χ1) is 14.1. The zero-order chi connectivity index (χ0) is 20.9. The van der Waals surface area contributed by atoms with E-state index in [1.54, 1.807) is 18.4 Å². The summed E-state index contributed by atoms with van der Waals surface area (Å²) in [5.41, 5.74) is 3.36. The molecule has 2 rings (SSSR count). The Balaban J connectivity index is 0.00000450. The Labute approximate surface area is 201 Å². The highest BCUT2D eigenvalue weighted by Crippen LogP contribution is 2.21. The van der Waals surface area contributed by atoms with Gasteiger partial charge in [0, 0.05) is 36.8 Å². The molecule has 8 heteroatoms. The Kier molecular flexibility index (Phi) is 13.7. The lowest BCUT2D eigenvalue weighted by Crippen LogP contribution is -2.37. The number of guanidine groups is 1. The Morgan fingerprint density at radius 3 is 2.70 bits per heavy atom. The normalized spacial score (nSPS) is 11.1. The molecule has 0 aliphatic carbocycles. The van der Waals surface area contributed by atoms with Crippen molar-refractivity contribution in [3.63, 3.8) is 0 Å². The molecule has 168 valence electrons. The fourth-order valence-corrected chi connectivity index (χ4v) is 3.61. The van der Waals surface area contributed by atoms with Crippen molar-refractivity contribution in [2.24, 2.45) is 4.99 Å². The van der Waals surface area contributed by atoms with Gasteiger partial charge in [-0.15, -0.1) is 35.3 Å². The van der Waals surface area contributed by atoms with Crippen molar-refractivity contribution < 1.29 is 9.47 Å². The smallest absolute Gasteiger partial charge is 0.191 e. The van der Waals surface area contributed by atoms with Crippen LogP contribution in [0, 0.1) is 13.8 Å². The van der Waals surface area contributed by atoms with Crippen molar-refractivity contribution >= 4 is 41.3 Å². The summed E-state index contributed by atoms with van der Waals surface area (Å²) >= 11 is 1.75. The molecule has 0 aliphatic rings. The maximum Gasteiger partial charge on any atom is 0.191 e. The minimum atomic E-state index is 0. The van der Waals surface area contributed by atoms with E-state index in [2.05, 4.69) is 53.0 Å². The van der Waals surface area contributed by atoms with Crippen molar-refractivity contribution in [1.29, 1.82) is 0 Å². The van der Waals surface area contributed by atoms with E-state index in [0.29, 0.717) is 19.8 Å². The van der Waals surface area contributed by atoms with E-state index >= 15 is 0 Å². The SMILES string of the molecule is CCNC(=NCc1ccc(C)cc1OCCOC)NCCCCc1nc(C)cs1.I. The molecule has 0 saturated carbocycles. The molecule has 1 heterocycles. The fraction of sp³-hybridized carbons (Fsp3) is 0.545. The summed E-state index contributed by atoms with van der Waals surface area (Å²) in [7, 11) is 1.68. The van der Waals surface area contributed by atoms with Crippen LogP contribution in [0.25, 0.3) is 0 Å². The van der Waals surface area contributed by atoms with Crippen LogP contribution in [0.1, 0.15) is 41.6 Å². The van der Waals surface area contributed by atoms with Crippen LogP contribution in [-0.4, -0.2) is 44.4 Å². The lowest BCUT2D eigenvalue weighted by atomic mass is 10.1.